The minimum absolute atomic E-state index is 0.103. The second-order valence-corrected chi connectivity index (χ2v) is 2.41. The van der Waals surface area contributed by atoms with Crippen molar-refractivity contribution in [2.24, 2.45) is 0 Å². The Labute approximate surface area is 73.4 Å². The number of hydrogen-bond donors (Lipinski definition) is 0. The smallest absolute Gasteiger partial charge is 0.258 e. The van der Waals surface area contributed by atoms with Gasteiger partial charge in [-0.25, -0.2) is 4.85 Å². The lowest BCUT2D eigenvalue weighted by Crippen LogP contribution is -1.86. The van der Waals surface area contributed by atoms with Crippen LogP contribution in [0.25, 0.3) is 4.85 Å². The molecule has 1 aromatic rings. The van der Waals surface area contributed by atoms with Gasteiger partial charge in [-0.1, -0.05) is 11.6 Å². The van der Waals surface area contributed by atoms with Crippen LogP contribution >= 0.6 is 11.6 Å². The van der Waals surface area contributed by atoms with Gasteiger partial charge in [-0.05, 0) is 6.07 Å². The van der Waals surface area contributed by atoms with Crippen molar-refractivity contribution in [3.63, 3.8) is 0 Å². The van der Waals surface area contributed by atoms with E-state index in [2.05, 4.69) is 4.85 Å². The summed E-state index contributed by atoms with van der Waals surface area (Å²) in [6, 6.07) is 3.75. The standard InChI is InChI=1S/C7H3ClN2O2/c1-9-7-4-5(10(11)12)2-3-6(7)8/h2-4H. The van der Waals surface area contributed by atoms with Crippen molar-refractivity contribution in [3.8, 4) is 0 Å². The van der Waals surface area contributed by atoms with E-state index < -0.39 is 4.92 Å². The molecule has 0 atom stereocenters. The molecule has 0 unspecified atom stereocenters. The zero-order valence-electron chi connectivity index (χ0n) is 5.82. The summed E-state index contributed by atoms with van der Waals surface area (Å²) in [5.41, 5.74) is -0.0173. The normalized spacial score (nSPS) is 9.00. The highest BCUT2D eigenvalue weighted by Gasteiger charge is 2.08. The molecule has 5 heteroatoms. The molecular weight excluding hydrogens is 180 g/mol. The predicted molar refractivity (Wildman–Crippen MR) is 44.4 cm³/mol. The zero-order valence-corrected chi connectivity index (χ0v) is 6.58. The third-order valence-electron chi connectivity index (χ3n) is 1.26. The maximum absolute atomic E-state index is 10.2. The fraction of sp³-hybridized carbons (Fsp3) is 0. The Balaban J connectivity index is 3.25. The highest BCUT2D eigenvalue weighted by atomic mass is 35.5. The van der Waals surface area contributed by atoms with E-state index >= 15 is 0 Å². The second-order valence-electron chi connectivity index (χ2n) is 2.00. The van der Waals surface area contributed by atoms with Crippen LogP contribution in [0.3, 0.4) is 0 Å². The molecule has 4 nitrogen and oxygen atoms in total. The lowest BCUT2D eigenvalue weighted by molar-refractivity contribution is -0.384. The van der Waals surface area contributed by atoms with Gasteiger partial charge < -0.3 is 0 Å². The molecule has 0 spiro atoms. The maximum atomic E-state index is 10.2. The van der Waals surface area contributed by atoms with Crippen LogP contribution in [0.15, 0.2) is 18.2 Å². The molecule has 0 aliphatic rings. The molecule has 12 heavy (non-hydrogen) atoms. The van der Waals surface area contributed by atoms with Gasteiger partial charge in [-0.2, -0.15) is 0 Å². The first-order chi connectivity index (χ1) is 5.65. The number of nitro groups is 1. The number of benzene rings is 1. The number of rotatable bonds is 1. The molecule has 0 aliphatic heterocycles. The van der Waals surface area contributed by atoms with Crippen LogP contribution in [0, 0.1) is 16.7 Å². The van der Waals surface area contributed by atoms with Crippen LogP contribution < -0.4 is 0 Å². The molecule has 0 amide bonds. The Morgan fingerprint density at radius 1 is 1.58 bits per heavy atom. The quantitative estimate of drug-likeness (QED) is 0.381. The monoisotopic (exact) mass is 182 g/mol. The van der Waals surface area contributed by atoms with Gasteiger partial charge in [0.2, 0.25) is 5.69 Å². The van der Waals surface area contributed by atoms with Crippen LogP contribution in [-0.2, 0) is 0 Å². The number of nitrogens with zero attached hydrogens (tertiary/aromatic N) is 2. The molecule has 0 aliphatic carbocycles. The van der Waals surface area contributed by atoms with Crippen LogP contribution in [0.5, 0.6) is 0 Å². The van der Waals surface area contributed by atoms with Crippen molar-refractivity contribution < 1.29 is 4.92 Å². The van der Waals surface area contributed by atoms with Gasteiger partial charge in [0.25, 0.3) is 5.69 Å². The van der Waals surface area contributed by atoms with Crippen molar-refractivity contribution in [1.29, 1.82) is 0 Å². The van der Waals surface area contributed by atoms with Crippen LogP contribution in [0.2, 0.25) is 5.02 Å². The fourth-order valence-corrected chi connectivity index (χ4v) is 0.860. The van der Waals surface area contributed by atoms with E-state index in [1.54, 1.807) is 0 Å². The summed E-state index contributed by atoms with van der Waals surface area (Å²) in [5.74, 6) is 0. The van der Waals surface area contributed by atoms with Crippen molar-refractivity contribution >= 4 is 23.0 Å². The predicted octanol–water partition coefficient (Wildman–Crippen LogP) is 2.80. The average Bonchev–Trinajstić information content (AvgIpc) is 2.05. The molecule has 0 fully saturated rings. The molecule has 0 N–H and O–H groups in total. The average molecular weight is 183 g/mol. The van der Waals surface area contributed by atoms with Gasteiger partial charge in [0.05, 0.1) is 11.5 Å². The fourth-order valence-electron chi connectivity index (χ4n) is 0.700. The largest absolute Gasteiger partial charge is 0.259 e. The van der Waals surface area contributed by atoms with Crippen LogP contribution in [0.4, 0.5) is 11.4 Å². The molecule has 0 radical (unpaired) electrons. The van der Waals surface area contributed by atoms with Crippen molar-refractivity contribution in [3.05, 3.63) is 44.8 Å². The number of non-ortho nitro benzene ring substituents is 1. The first-order valence-corrected chi connectivity index (χ1v) is 3.34. The molecule has 1 rings (SSSR count). The Morgan fingerprint density at radius 2 is 2.25 bits per heavy atom. The molecule has 0 bridgehead atoms. The number of halogens is 1. The van der Waals surface area contributed by atoms with E-state index in [9.17, 15) is 10.1 Å². The number of nitro benzene ring substituents is 1. The van der Waals surface area contributed by atoms with Gasteiger partial charge in [-0.3, -0.25) is 10.1 Å². The topological polar surface area (TPSA) is 47.5 Å². The van der Waals surface area contributed by atoms with Gasteiger partial charge in [0.1, 0.15) is 0 Å². The Morgan fingerprint density at radius 3 is 2.75 bits per heavy atom. The van der Waals surface area contributed by atoms with Crippen molar-refractivity contribution in [2.45, 2.75) is 0 Å². The molecule has 0 saturated carbocycles. The minimum Gasteiger partial charge on any atom is -0.258 e. The zero-order chi connectivity index (χ0) is 9.14. The SMILES string of the molecule is [C-]#[N+]c1cc([N+](=O)[O-])ccc1Cl. The van der Waals surface area contributed by atoms with Gasteiger partial charge >= 0.3 is 0 Å². The summed E-state index contributed by atoms with van der Waals surface area (Å²) in [5, 5.41) is 10.5. The summed E-state index contributed by atoms with van der Waals surface area (Å²) in [7, 11) is 0. The van der Waals surface area contributed by atoms with E-state index in [0.29, 0.717) is 0 Å². The van der Waals surface area contributed by atoms with E-state index in [0.717, 1.165) is 6.07 Å². The highest BCUT2D eigenvalue weighted by molar-refractivity contribution is 6.33. The molecule has 1 aromatic carbocycles. The third kappa shape index (κ3) is 1.52. The maximum Gasteiger partial charge on any atom is 0.259 e. The summed E-state index contributed by atoms with van der Waals surface area (Å²) < 4.78 is 0. The van der Waals surface area contributed by atoms with Crippen LogP contribution in [-0.4, -0.2) is 4.92 Å². The molecule has 0 aromatic heterocycles. The summed E-state index contributed by atoms with van der Waals surface area (Å²) in [6.07, 6.45) is 0. The Kier molecular flexibility index (Phi) is 2.26. The van der Waals surface area contributed by atoms with E-state index in [4.69, 9.17) is 18.2 Å². The lowest BCUT2D eigenvalue weighted by Gasteiger charge is -1.93. The first-order valence-electron chi connectivity index (χ1n) is 2.96. The Bertz CT molecular complexity index is 370. The van der Waals surface area contributed by atoms with Crippen molar-refractivity contribution in [1.82, 2.24) is 0 Å². The first kappa shape index (κ1) is 8.50. The van der Waals surface area contributed by atoms with Gasteiger partial charge in [0, 0.05) is 17.2 Å². The van der Waals surface area contributed by atoms with E-state index in [1.807, 2.05) is 0 Å². The number of hydrogen-bond acceptors (Lipinski definition) is 2. The lowest BCUT2D eigenvalue weighted by atomic mass is 10.3. The van der Waals surface area contributed by atoms with E-state index in [-0.39, 0.29) is 16.4 Å². The Hall–Kier alpha value is -1.60. The summed E-state index contributed by atoms with van der Waals surface area (Å²) in [4.78, 5) is 12.7. The molecule has 0 saturated heterocycles. The van der Waals surface area contributed by atoms with Gasteiger partial charge in [0.15, 0.2) is 0 Å². The minimum atomic E-state index is -0.564. The summed E-state index contributed by atoms with van der Waals surface area (Å²) >= 11 is 5.56. The third-order valence-corrected chi connectivity index (χ3v) is 1.58. The highest BCUT2D eigenvalue weighted by Crippen LogP contribution is 2.28. The second kappa shape index (κ2) is 3.20. The molecular formula is C7H3ClN2O2. The molecule has 60 valence electrons. The summed E-state index contributed by atoms with van der Waals surface area (Å²) in [6.45, 7) is 6.64. The van der Waals surface area contributed by atoms with Crippen molar-refractivity contribution in [2.75, 3.05) is 0 Å². The van der Waals surface area contributed by atoms with Gasteiger partial charge in [-0.15, -0.1) is 0 Å². The van der Waals surface area contributed by atoms with Crippen LogP contribution in [0.1, 0.15) is 0 Å². The molecule has 0 heterocycles. The van der Waals surface area contributed by atoms with E-state index in [1.165, 1.54) is 12.1 Å².